The Kier molecular flexibility index (Phi) is 6.05. The number of pyridine rings is 2. The summed E-state index contributed by atoms with van der Waals surface area (Å²) in [5.41, 5.74) is 2.96. The van der Waals surface area contributed by atoms with Gasteiger partial charge in [0.25, 0.3) is 0 Å². The van der Waals surface area contributed by atoms with Gasteiger partial charge < -0.3 is 15.7 Å². The van der Waals surface area contributed by atoms with E-state index in [4.69, 9.17) is 0 Å². The number of rotatable bonds is 8. The van der Waals surface area contributed by atoms with Crippen molar-refractivity contribution in [2.24, 2.45) is 0 Å². The third-order valence-electron chi connectivity index (χ3n) is 3.82. The fourth-order valence-corrected chi connectivity index (χ4v) is 2.42. The summed E-state index contributed by atoms with van der Waals surface area (Å²) in [6, 6.07) is 9.59. The van der Waals surface area contributed by atoms with E-state index in [0.29, 0.717) is 5.95 Å². The molecule has 7 heteroatoms. The molecule has 26 heavy (non-hydrogen) atoms. The number of aliphatic hydroxyl groups is 1. The van der Waals surface area contributed by atoms with Crippen LogP contribution in [0.4, 0.5) is 11.8 Å². The van der Waals surface area contributed by atoms with E-state index >= 15 is 0 Å². The summed E-state index contributed by atoms with van der Waals surface area (Å²) in [5.74, 6) is 1.21. The summed E-state index contributed by atoms with van der Waals surface area (Å²) in [5, 5.41) is 15.7. The molecule has 0 amide bonds. The van der Waals surface area contributed by atoms with Crippen molar-refractivity contribution in [3.63, 3.8) is 0 Å². The summed E-state index contributed by atoms with van der Waals surface area (Å²) in [4.78, 5) is 17.1. The third kappa shape index (κ3) is 4.97. The van der Waals surface area contributed by atoms with Crippen LogP contribution in [0.5, 0.6) is 0 Å². The van der Waals surface area contributed by atoms with Gasteiger partial charge >= 0.3 is 0 Å². The molecule has 3 aromatic heterocycles. The van der Waals surface area contributed by atoms with E-state index in [2.05, 4.69) is 30.6 Å². The van der Waals surface area contributed by atoms with Gasteiger partial charge in [0.2, 0.25) is 5.95 Å². The van der Waals surface area contributed by atoms with Gasteiger partial charge in [-0.3, -0.25) is 9.97 Å². The van der Waals surface area contributed by atoms with Gasteiger partial charge in [-0.15, -0.1) is 0 Å². The van der Waals surface area contributed by atoms with E-state index in [1.807, 2.05) is 37.3 Å². The Morgan fingerprint density at radius 3 is 2.38 bits per heavy atom. The van der Waals surface area contributed by atoms with Crippen LogP contribution >= 0.6 is 0 Å². The molecule has 0 saturated carbocycles. The number of aliphatic hydroxyl groups excluding tert-OH is 1. The summed E-state index contributed by atoms with van der Waals surface area (Å²) in [6.07, 6.45) is 7.92. The van der Waals surface area contributed by atoms with E-state index < -0.39 is 0 Å². The van der Waals surface area contributed by atoms with Gasteiger partial charge in [0.05, 0.1) is 12.3 Å². The first kappa shape index (κ1) is 17.8. The molecule has 0 unspecified atom stereocenters. The Hall–Kier alpha value is -3.06. The van der Waals surface area contributed by atoms with Crippen LogP contribution in [0.3, 0.4) is 0 Å². The SMILES string of the molecule is C[C@@H](CO)Nc1nc(NCCc2ccncc2)cc(-c2ccncc2)n1. The molecule has 7 nitrogen and oxygen atoms in total. The summed E-state index contributed by atoms with van der Waals surface area (Å²) in [6.45, 7) is 2.62. The molecular formula is C19H22N6O. The van der Waals surface area contributed by atoms with Crippen LogP contribution in [0, 0.1) is 0 Å². The lowest BCUT2D eigenvalue weighted by Gasteiger charge is -2.14. The van der Waals surface area contributed by atoms with Gasteiger partial charge in [-0.2, -0.15) is 4.98 Å². The first-order valence-electron chi connectivity index (χ1n) is 8.54. The van der Waals surface area contributed by atoms with Crippen LogP contribution in [-0.2, 0) is 6.42 Å². The predicted octanol–water partition coefficient (Wildman–Crippen LogP) is 2.38. The van der Waals surface area contributed by atoms with E-state index in [9.17, 15) is 5.11 Å². The largest absolute Gasteiger partial charge is 0.394 e. The zero-order chi connectivity index (χ0) is 18.2. The second kappa shape index (κ2) is 8.87. The average Bonchev–Trinajstić information content (AvgIpc) is 2.69. The van der Waals surface area contributed by atoms with Gasteiger partial charge in [0.1, 0.15) is 5.82 Å². The molecule has 0 bridgehead atoms. The molecule has 134 valence electrons. The molecule has 0 saturated heterocycles. The molecular weight excluding hydrogens is 328 g/mol. The lowest BCUT2D eigenvalue weighted by molar-refractivity contribution is 0.281. The maximum Gasteiger partial charge on any atom is 0.225 e. The highest BCUT2D eigenvalue weighted by Crippen LogP contribution is 2.21. The Morgan fingerprint density at radius 2 is 1.69 bits per heavy atom. The van der Waals surface area contributed by atoms with E-state index in [-0.39, 0.29) is 12.6 Å². The fourth-order valence-electron chi connectivity index (χ4n) is 2.42. The number of hydrogen-bond acceptors (Lipinski definition) is 7. The number of nitrogens with zero attached hydrogens (tertiary/aromatic N) is 4. The van der Waals surface area contributed by atoms with Crippen molar-refractivity contribution in [3.8, 4) is 11.3 Å². The van der Waals surface area contributed by atoms with Gasteiger partial charge in [0, 0.05) is 49.0 Å². The van der Waals surface area contributed by atoms with Gasteiger partial charge in [0.15, 0.2) is 0 Å². The second-order valence-corrected chi connectivity index (χ2v) is 5.96. The van der Waals surface area contributed by atoms with Crippen molar-refractivity contribution in [2.75, 3.05) is 23.8 Å². The minimum absolute atomic E-state index is 0.00759. The third-order valence-corrected chi connectivity index (χ3v) is 3.82. The molecule has 0 aliphatic rings. The molecule has 3 heterocycles. The van der Waals surface area contributed by atoms with Gasteiger partial charge in [-0.05, 0) is 43.2 Å². The van der Waals surface area contributed by atoms with Crippen molar-refractivity contribution in [2.45, 2.75) is 19.4 Å². The molecule has 0 aliphatic carbocycles. The zero-order valence-corrected chi connectivity index (χ0v) is 14.6. The molecule has 0 fully saturated rings. The predicted molar refractivity (Wildman–Crippen MR) is 102 cm³/mol. The first-order chi connectivity index (χ1) is 12.7. The topological polar surface area (TPSA) is 95.8 Å². The maximum atomic E-state index is 9.27. The quantitative estimate of drug-likeness (QED) is 0.574. The molecule has 0 aromatic carbocycles. The van der Waals surface area contributed by atoms with Gasteiger partial charge in [-0.25, -0.2) is 4.98 Å². The van der Waals surface area contributed by atoms with Crippen molar-refractivity contribution in [1.82, 2.24) is 19.9 Å². The van der Waals surface area contributed by atoms with Crippen molar-refractivity contribution >= 4 is 11.8 Å². The van der Waals surface area contributed by atoms with Gasteiger partial charge in [-0.1, -0.05) is 0 Å². The highest BCUT2D eigenvalue weighted by molar-refractivity contribution is 5.63. The van der Waals surface area contributed by atoms with E-state index in [1.165, 1.54) is 5.56 Å². The van der Waals surface area contributed by atoms with Crippen LogP contribution in [0.1, 0.15) is 12.5 Å². The monoisotopic (exact) mass is 350 g/mol. The van der Waals surface area contributed by atoms with Crippen molar-refractivity contribution in [1.29, 1.82) is 0 Å². The maximum absolute atomic E-state index is 9.27. The van der Waals surface area contributed by atoms with Crippen molar-refractivity contribution in [3.05, 3.63) is 60.7 Å². The molecule has 3 rings (SSSR count). The molecule has 0 spiro atoms. The van der Waals surface area contributed by atoms with Crippen molar-refractivity contribution < 1.29 is 5.11 Å². The Balaban J connectivity index is 1.77. The van der Waals surface area contributed by atoms with E-state index in [0.717, 1.165) is 30.0 Å². The summed E-state index contributed by atoms with van der Waals surface area (Å²) in [7, 11) is 0. The summed E-state index contributed by atoms with van der Waals surface area (Å²) < 4.78 is 0. The molecule has 3 aromatic rings. The number of hydrogen-bond donors (Lipinski definition) is 3. The molecule has 1 atom stereocenters. The van der Waals surface area contributed by atoms with E-state index in [1.54, 1.807) is 24.8 Å². The first-order valence-corrected chi connectivity index (χ1v) is 8.54. The molecule has 0 radical (unpaired) electrons. The second-order valence-electron chi connectivity index (χ2n) is 5.96. The average molecular weight is 350 g/mol. The van der Waals surface area contributed by atoms with Crippen LogP contribution in [0.15, 0.2) is 55.1 Å². The Morgan fingerprint density at radius 1 is 1.00 bits per heavy atom. The normalized spacial score (nSPS) is 11.8. The highest BCUT2D eigenvalue weighted by Gasteiger charge is 2.09. The lowest BCUT2D eigenvalue weighted by atomic mass is 10.2. The molecule has 0 aliphatic heterocycles. The van der Waals surface area contributed by atoms with Crippen LogP contribution in [0.25, 0.3) is 11.3 Å². The van der Waals surface area contributed by atoms with Crippen LogP contribution in [0.2, 0.25) is 0 Å². The minimum atomic E-state index is -0.132. The summed E-state index contributed by atoms with van der Waals surface area (Å²) >= 11 is 0. The van der Waals surface area contributed by atoms with Crippen LogP contribution in [-0.4, -0.2) is 44.2 Å². The van der Waals surface area contributed by atoms with Crippen LogP contribution < -0.4 is 10.6 Å². The number of nitrogens with one attached hydrogen (secondary N) is 2. The standard InChI is InChI=1S/C19H22N6O/c1-14(13-26)23-19-24-17(16-5-9-21-10-6-16)12-18(25-19)22-11-4-15-2-7-20-8-3-15/h2-3,5-10,12,14,26H,4,11,13H2,1H3,(H2,22,23,24,25)/t14-/m0/s1. The minimum Gasteiger partial charge on any atom is -0.394 e. The fraction of sp³-hybridized carbons (Fsp3) is 0.263. The number of aromatic nitrogens is 4. The Labute approximate surface area is 152 Å². The highest BCUT2D eigenvalue weighted by atomic mass is 16.3. The molecule has 3 N–H and O–H groups in total. The zero-order valence-electron chi connectivity index (χ0n) is 14.6. The Bertz CT molecular complexity index is 813. The lowest BCUT2D eigenvalue weighted by Crippen LogP contribution is -2.21. The number of anilines is 2. The smallest absolute Gasteiger partial charge is 0.225 e.